The number of benzene rings is 1. The molecule has 0 bridgehead atoms. The molecule has 0 aliphatic rings. The highest BCUT2D eigenvalue weighted by Crippen LogP contribution is 2.26. The van der Waals surface area contributed by atoms with Gasteiger partial charge < -0.3 is 4.74 Å². The van der Waals surface area contributed by atoms with Crippen molar-refractivity contribution in [3.05, 3.63) is 58.1 Å². The largest absolute Gasteiger partial charge is 0.494 e. The molecule has 0 saturated heterocycles. The number of anilines is 1. The first-order valence-corrected chi connectivity index (χ1v) is 10.4. The molecule has 0 N–H and O–H groups in total. The van der Waals surface area contributed by atoms with Crippen molar-refractivity contribution in [3.63, 3.8) is 0 Å². The first-order valence-electron chi connectivity index (χ1n) is 8.70. The molecule has 0 unspecified atom stereocenters. The van der Waals surface area contributed by atoms with E-state index in [-0.39, 0.29) is 12.3 Å². The minimum Gasteiger partial charge on any atom is -0.494 e. The molecule has 0 aliphatic carbocycles. The molecule has 0 atom stereocenters. The summed E-state index contributed by atoms with van der Waals surface area (Å²) in [6.07, 6.45) is 1.94. The molecule has 0 saturated carbocycles. The van der Waals surface area contributed by atoms with Gasteiger partial charge in [-0.15, -0.1) is 11.3 Å². The molecule has 0 spiro atoms. The van der Waals surface area contributed by atoms with E-state index in [1.54, 1.807) is 11.1 Å². The van der Waals surface area contributed by atoms with E-state index >= 15 is 0 Å². The van der Waals surface area contributed by atoms with Gasteiger partial charge in [-0.05, 0) is 66.2 Å². The van der Waals surface area contributed by atoms with E-state index in [9.17, 15) is 4.79 Å². The van der Waals surface area contributed by atoms with Gasteiger partial charge in [-0.2, -0.15) is 0 Å². The molecule has 1 amide bonds. The lowest BCUT2D eigenvalue weighted by atomic mass is 10.2. The lowest BCUT2D eigenvalue weighted by Gasteiger charge is -2.19. The van der Waals surface area contributed by atoms with Crippen molar-refractivity contribution in [2.45, 2.75) is 20.3 Å². The van der Waals surface area contributed by atoms with Gasteiger partial charge in [0.25, 0.3) is 0 Å². The SMILES string of the molecule is CCOc1ccc(-c2nc(CC(=O)N(CC)c3ccc(Br)cn3)cs2)cc1. The zero-order valence-electron chi connectivity index (χ0n) is 15.2. The van der Waals surface area contributed by atoms with Crippen molar-refractivity contribution in [2.24, 2.45) is 0 Å². The van der Waals surface area contributed by atoms with E-state index in [0.29, 0.717) is 19.0 Å². The number of amides is 1. The molecule has 7 heteroatoms. The standard InChI is InChI=1S/C20H20BrN3O2S/c1-3-24(18-10-7-15(21)12-22-18)19(25)11-16-13-27-20(23-16)14-5-8-17(9-6-14)26-4-2/h5-10,12-13H,3-4,11H2,1-2H3. The highest BCUT2D eigenvalue weighted by Gasteiger charge is 2.17. The number of hydrogen-bond donors (Lipinski definition) is 0. The van der Waals surface area contributed by atoms with Gasteiger partial charge in [0.2, 0.25) is 5.91 Å². The Labute approximate surface area is 171 Å². The van der Waals surface area contributed by atoms with Crippen LogP contribution in [0.15, 0.2) is 52.4 Å². The predicted molar refractivity (Wildman–Crippen MR) is 112 cm³/mol. The zero-order valence-corrected chi connectivity index (χ0v) is 17.6. The Kier molecular flexibility index (Phi) is 6.58. The van der Waals surface area contributed by atoms with Gasteiger partial charge in [0.15, 0.2) is 0 Å². The second-order valence-electron chi connectivity index (χ2n) is 5.75. The maximum absolute atomic E-state index is 12.7. The van der Waals surface area contributed by atoms with E-state index in [4.69, 9.17) is 4.74 Å². The number of carbonyl (C=O) groups is 1. The van der Waals surface area contributed by atoms with E-state index in [0.717, 1.165) is 26.5 Å². The van der Waals surface area contributed by atoms with Crippen LogP contribution in [-0.4, -0.2) is 29.0 Å². The Morgan fingerprint density at radius 2 is 1.96 bits per heavy atom. The van der Waals surface area contributed by atoms with Gasteiger partial charge in [0.05, 0.1) is 18.7 Å². The fourth-order valence-corrected chi connectivity index (χ4v) is 3.69. The molecule has 140 valence electrons. The number of rotatable bonds is 7. The number of halogens is 1. The van der Waals surface area contributed by atoms with Crippen molar-refractivity contribution in [3.8, 4) is 16.3 Å². The lowest BCUT2D eigenvalue weighted by Crippen LogP contribution is -2.32. The summed E-state index contributed by atoms with van der Waals surface area (Å²) in [5, 5.41) is 2.83. The van der Waals surface area contributed by atoms with Gasteiger partial charge in [-0.1, -0.05) is 0 Å². The minimum absolute atomic E-state index is 0.0177. The summed E-state index contributed by atoms with van der Waals surface area (Å²) in [7, 11) is 0. The van der Waals surface area contributed by atoms with Crippen LogP contribution in [-0.2, 0) is 11.2 Å². The molecule has 0 aliphatic heterocycles. The Balaban J connectivity index is 1.70. The van der Waals surface area contributed by atoms with Crippen LogP contribution in [0.5, 0.6) is 5.75 Å². The fourth-order valence-electron chi connectivity index (χ4n) is 2.63. The van der Waals surface area contributed by atoms with Crippen molar-refractivity contribution < 1.29 is 9.53 Å². The third-order valence-corrected chi connectivity index (χ3v) is 5.31. The molecule has 5 nitrogen and oxygen atoms in total. The molecule has 27 heavy (non-hydrogen) atoms. The zero-order chi connectivity index (χ0) is 19.2. The molecular weight excluding hydrogens is 426 g/mol. The van der Waals surface area contributed by atoms with Crippen LogP contribution < -0.4 is 9.64 Å². The van der Waals surface area contributed by atoms with Gasteiger partial charge in [-0.25, -0.2) is 9.97 Å². The second-order valence-corrected chi connectivity index (χ2v) is 7.52. The van der Waals surface area contributed by atoms with Crippen LogP contribution in [0.25, 0.3) is 10.6 Å². The van der Waals surface area contributed by atoms with Crippen LogP contribution in [0.3, 0.4) is 0 Å². The average molecular weight is 446 g/mol. The summed E-state index contributed by atoms with van der Waals surface area (Å²) >= 11 is 4.90. The van der Waals surface area contributed by atoms with Gasteiger partial charge in [0, 0.05) is 28.2 Å². The average Bonchev–Trinajstić information content (AvgIpc) is 3.13. The van der Waals surface area contributed by atoms with Gasteiger partial charge >= 0.3 is 0 Å². The van der Waals surface area contributed by atoms with Gasteiger partial charge in [0.1, 0.15) is 16.6 Å². The highest BCUT2D eigenvalue weighted by atomic mass is 79.9. The summed E-state index contributed by atoms with van der Waals surface area (Å²) in [6, 6.07) is 11.5. The smallest absolute Gasteiger partial charge is 0.234 e. The van der Waals surface area contributed by atoms with E-state index in [1.807, 2.05) is 55.6 Å². The van der Waals surface area contributed by atoms with Crippen molar-refractivity contribution in [1.29, 1.82) is 0 Å². The Morgan fingerprint density at radius 1 is 1.19 bits per heavy atom. The third kappa shape index (κ3) is 4.93. The normalized spacial score (nSPS) is 10.6. The second kappa shape index (κ2) is 9.10. The highest BCUT2D eigenvalue weighted by molar-refractivity contribution is 9.10. The first-order chi connectivity index (χ1) is 13.1. The number of pyridine rings is 1. The molecular formula is C20H20BrN3O2S. The van der Waals surface area contributed by atoms with Crippen molar-refractivity contribution in [2.75, 3.05) is 18.1 Å². The molecule has 3 rings (SSSR count). The summed E-state index contributed by atoms with van der Waals surface area (Å²) in [5.41, 5.74) is 1.79. The number of hydrogen-bond acceptors (Lipinski definition) is 5. The van der Waals surface area contributed by atoms with Crippen molar-refractivity contribution in [1.82, 2.24) is 9.97 Å². The number of nitrogens with zero attached hydrogens (tertiary/aromatic N) is 3. The molecule has 1 aromatic carbocycles. The first kappa shape index (κ1) is 19.5. The maximum atomic E-state index is 12.7. The number of carbonyl (C=O) groups excluding carboxylic acids is 1. The topological polar surface area (TPSA) is 55.3 Å². The van der Waals surface area contributed by atoms with Crippen LogP contribution in [0.1, 0.15) is 19.5 Å². The Morgan fingerprint density at radius 3 is 2.59 bits per heavy atom. The lowest BCUT2D eigenvalue weighted by molar-refractivity contribution is -0.118. The number of likely N-dealkylation sites (N-methyl/N-ethyl adjacent to an activating group) is 1. The van der Waals surface area contributed by atoms with Gasteiger partial charge in [-0.3, -0.25) is 9.69 Å². The molecule has 0 fully saturated rings. The summed E-state index contributed by atoms with van der Waals surface area (Å²) in [6.45, 7) is 5.10. The Bertz CT molecular complexity index is 894. The molecule has 2 aromatic heterocycles. The maximum Gasteiger partial charge on any atom is 0.234 e. The van der Waals surface area contributed by atoms with Crippen LogP contribution in [0.4, 0.5) is 5.82 Å². The summed E-state index contributed by atoms with van der Waals surface area (Å²) in [4.78, 5) is 23.3. The summed E-state index contributed by atoms with van der Waals surface area (Å²) in [5.74, 6) is 1.47. The number of thiazole rings is 1. The quantitative estimate of drug-likeness (QED) is 0.515. The summed E-state index contributed by atoms with van der Waals surface area (Å²) < 4.78 is 6.35. The third-order valence-electron chi connectivity index (χ3n) is 3.90. The van der Waals surface area contributed by atoms with Crippen LogP contribution >= 0.6 is 27.3 Å². The molecule has 0 radical (unpaired) electrons. The number of aromatic nitrogens is 2. The number of ether oxygens (including phenoxy) is 1. The van der Waals surface area contributed by atoms with Crippen LogP contribution in [0.2, 0.25) is 0 Å². The molecule has 2 heterocycles. The van der Waals surface area contributed by atoms with E-state index in [1.165, 1.54) is 11.3 Å². The minimum atomic E-state index is -0.0177. The van der Waals surface area contributed by atoms with E-state index < -0.39 is 0 Å². The van der Waals surface area contributed by atoms with Crippen LogP contribution in [0, 0.1) is 0 Å². The monoisotopic (exact) mass is 445 g/mol. The predicted octanol–water partition coefficient (Wildman–Crippen LogP) is 4.96. The molecule has 3 aromatic rings. The Hall–Kier alpha value is -2.25. The van der Waals surface area contributed by atoms with Crippen molar-refractivity contribution >= 4 is 39.0 Å². The van der Waals surface area contributed by atoms with E-state index in [2.05, 4.69) is 25.9 Å². The fraction of sp³-hybridized carbons (Fsp3) is 0.250.